The monoisotopic (exact) mass is 223 g/mol. The van der Waals surface area contributed by atoms with Crippen LogP contribution < -0.4 is 10.1 Å². The number of phenols is 1. The van der Waals surface area contributed by atoms with Gasteiger partial charge < -0.3 is 15.2 Å². The number of phenolic OH excluding ortho intramolecular Hbond substituents is 1. The largest absolute Gasteiger partial charge is 0.504 e. The predicted octanol–water partition coefficient (Wildman–Crippen LogP) is 1.68. The lowest BCUT2D eigenvalue weighted by Crippen LogP contribution is -2.40. The molecule has 1 aromatic carbocycles. The maximum Gasteiger partial charge on any atom is 0.260 e. The van der Waals surface area contributed by atoms with Crippen molar-refractivity contribution in [1.82, 2.24) is 5.32 Å². The zero-order valence-corrected chi connectivity index (χ0v) is 9.73. The second kappa shape index (κ2) is 5.39. The van der Waals surface area contributed by atoms with Gasteiger partial charge in [0.2, 0.25) is 0 Å². The Bertz CT molecular complexity index is 363. The first-order valence-corrected chi connectivity index (χ1v) is 5.25. The lowest BCUT2D eigenvalue weighted by Gasteiger charge is -2.16. The van der Waals surface area contributed by atoms with Gasteiger partial charge in [0.25, 0.3) is 5.91 Å². The summed E-state index contributed by atoms with van der Waals surface area (Å²) in [6.07, 6.45) is -0.629. The van der Waals surface area contributed by atoms with E-state index in [1.165, 1.54) is 6.07 Å². The molecule has 88 valence electrons. The lowest BCUT2D eigenvalue weighted by atomic mass is 10.3. The van der Waals surface area contributed by atoms with Crippen LogP contribution in [-0.2, 0) is 4.79 Å². The molecule has 0 aliphatic carbocycles. The van der Waals surface area contributed by atoms with Gasteiger partial charge in [-0.05, 0) is 32.9 Å². The van der Waals surface area contributed by atoms with Gasteiger partial charge in [-0.15, -0.1) is 0 Å². The van der Waals surface area contributed by atoms with E-state index in [2.05, 4.69) is 5.32 Å². The van der Waals surface area contributed by atoms with Crippen LogP contribution in [0.2, 0.25) is 0 Å². The minimum atomic E-state index is -0.629. The van der Waals surface area contributed by atoms with Crippen molar-refractivity contribution in [1.29, 1.82) is 0 Å². The van der Waals surface area contributed by atoms with Crippen LogP contribution in [0.3, 0.4) is 0 Å². The van der Waals surface area contributed by atoms with Gasteiger partial charge in [-0.1, -0.05) is 12.1 Å². The van der Waals surface area contributed by atoms with Crippen LogP contribution in [0.15, 0.2) is 24.3 Å². The van der Waals surface area contributed by atoms with Crippen LogP contribution in [0.4, 0.5) is 0 Å². The highest BCUT2D eigenvalue weighted by Gasteiger charge is 2.16. The van der Waals surface area contributed by atoms with Crippen molar-refractivity contribution in [2.24, 2.45) is 0 Å². The van der Waals surface area contributed by atoms with E-state index in [-0.39, 0.29) is 17.7 Å². The quantitative estimate of drug-likeness (QED) is 0.816. The summed E-state index contributed by atoms with van der Waals surface area (Å²) in [5.74, 6) is 0.152. The van der Waals surface area contributed by atoms with Gasteiger partial charge in [-0.2, -0.15) is 0 Å². The minimum absolute atomic E-state index is 0.0340. The van der Waals surface area contributed by atoms with E-state index in [1.54, 1.807) is 25.1 Å². The highest BCUT2D eigenvalue weighted by atomic mass is 16.5. The molecule has 0 aromatic heterocycles. The first-order valence-electron chi connectivity index (χ1n) is 5.25. The number of ether oxygens (including phenoxy) is 1. The van der Waals surface area contributed by atoms with E-state index in [9.17, 15) is 9.90 Å². The number of aromatic hydroxyl groups is 1. The molecule has 0 bridgehead atoms. The van der Waals surface area contributed by atoms with E-state index in [0.717, 1.165) is 0 Å². The molecule has 0 aliphatic rings. The first kappa shape index (κ1) is 12.4. The average molecular weight is 223 g/mol. The average Bonchev–Trinajstić information content (AvgIpc) is 2.20. The summed E-state index contributed by atoms with van der Waals surface area (Å²) in [6.45, 7) is 5.40. The van der Waals surface area contributed by atoms with Crippen LogP contribution in [0.1, 0.15) is 20.8 Å². The van der Waals surface area contributed by atoms with Crippen LogP contribution in [0.25, 0.3) is 0 Å². The van der Waals surface area contributed by atoms with Crippen molar-refractivity contribution in [3.63, 3.8) is 0 Å². The van der Waals surface area contributed by atoms with Crippen molar-refractivity contribution in [2.45, 2.75) is 32.9 Å². The Kier molecular flexibility index (Phi) is 4.17. The molecule has 1 aromatic rings. The molecule has 1 rings (SSSR count). The number of para-hydroxylation sites is 2. The summed E-state index contributed by atoms with van der Waals surface area (Å²) in [6, 6.07) is 6.64. The van der Waals surface area contributed by atoms with Gasteiger partial charge in [-0.25, -0.2) is 0 Å². The second-order valence-electron chi connectivity index (χ2n) is 3.89. The molecule has 4 heteroatoms. The van der Waals surface area contributed by atoms with E-state index in [0.29, 0.717) is 5.75 Å². The molecule has 0 saturated carbocycles. The molecule has 1 amide bonds. The SMILES string of the molecule is CC(C)NC(=O)C(C)Oc1ccccc1O. The normalized spacial score (nSPS) is 12.2. The summed E-state index contributed by atoms with van der Waals surface area (Å²) < 4.78 is 5.35. The highest BCUT2D eigenvalue weighted by Crippen LogP contribution is 2.25. The number of hydrogen-bond donors (Lipinski definition) is 2. The van der Waals surface area contributed by atoms with Crippen molar-refractivity contribution < 1.29 is 14.6 Å². The zero-order chi connectivity index (χ0) is 12.1. The van der Waals surface area contributed by atoms with Crippen molar-refractivity contribution >= 4 is 5.91 Å². The molecular weight excluding hydrogens is 206 g/mol. The Morgan fingerprint density at radius 1 is 1.31 bits per heavy atom. The summed E-state index contributed by atoms with van der Waals surface area (Å²) in [5, 5.41) is 12.2. The number of nitrogens with one attached hydrogen (secondary N) is 1. The second-order valence-corrected chi connectivity index (χ2v) is 3.89. The first-order chi connectivity index (χ1) is 7.50. The van der Waals surface area contributed by atoms with E-state index in [1.807, 2.05) is 13.8 Å². The van der Waals surface area contributed by atoms with Gasteiger partial charge in [0.15, 0.2) is 17.6 Å². The molecule has 0 radical (unpaired) electrons. The fourth-order valence-electron chi connectivity index (χ4n) is 1.20. The molecular formula is C12H17NO3. The maximum absolute atomic E-state index is 11.6. The molecule has 1 atom stereocenters. The molecule has 4 nitrogen and oxygen atoms in total. The molecule has 0 heterocycles. The third-order valence-corrected chi connectivity index (χ3v) is 1.97. The van der Waals surface area contributed by atoms with Crippen molar-refractivity contribution in [3.8, 4) is 11.5 Å². The van der Waals surface area contributed by atoms with Crippen LogP contribution in [0.5, 0.6) is 11.5 Å². The summed E-state index contributed by atoms with van der Waals surface area (Å²) in [7, 11) is 0. The fraction of sp³-hybridized carbons (Fsp3) is 0.417. The minimum Gasteiger partial charge on any atom is -0.504 e. The van der Waals surface area contributed by atoms with Gasteiger partial charge in [0.05, 0.1) is 0 Å². The predicted molar refractivity (Wildman–Crippen MR) is 61.5 cm³/mol. The molecule has 0 saturated heterocycles. The Hall–Kier alpha value is -1.71. The summed E-state index contributed by atoms with van der Waals surface area (Å²) in [5.41, 5.74) is 0. The highest BCUT2D eigenvalue weighted by molar-refractivity contribution is 5.81. The van der Waals surface area contributed by atoms with Gasteiger partial charge in [0, 0.05) is 6.04 Å². The van der Waals surface area contributed by atoms with Crippen LogP contribution in [-0.4, -0.2) is 23.2 Å². The molecule has 0 aliphatic heterocycles. The number of hydrogen-bond acceptors (Lipinski definition) is 3. The zero-order valence-electron chi connectivity index (χ0n) is 9.73. The summed E-state index contributed by atoms with van der Waals surface area (Å²) in [4.78, 5) is 11.6. The Balaban J connectivity index is 2.61. The third-order valence-electron chi connectivity index (χ3n) is 1.97. The molecule has 16 heavy (non-hydrogen) atoms. The van der Waals surface area contributed by atoms with Crippen LogP contribution >= 0.6 is 0 Å². The number of amides is 1. The molecule has 2 N–H and O–H groups in total. The van der Waals surface area contributed by atoms with Crippen molar-refractivity contribution in [2.75, 3.05) is 0 Å². The van der Waals surface area contributed by atoms with Crippen molar-refractivity contribution in [3.05, 3.63) is 24.3 Å². The number of benzene rings is 1. The van der Waals surface area contributed by atoms with Gasteiger partial charge in [0.1, 0.15) is 0 Å². The van der Waals surface area contributed by atoms with E-state index < -0.39 is 6.10 Å². The van der Waals surface area contributed by atoms with Crippen LogP contribution in [0, 0.1) is 0 Å². The molecule has 0 spiro atoms. The topological polar surface area (TPSA) is 58.6 Å². The Morgan fingerprint density at radius 3 is 2.50 bits per heavy atom. The van der Waals surface area contributed by atoms with E-state index >= 15 is 0 Å². The Morgan fingerprint density at radius 2 is 1.94 bits per heavy atom. The Labute approximate surface area is 95.2 Å². The molecule has 1 unspecified atom stereocenters. The standard InChI is InChI=1S/C12H17NO3/c1-8(2)13-12(15)9(3)16-11-7-5-4-6-10(11)14/h4-9,14H,1-3H3,(H,13,15). The van der Waals surface area contributed by atoms with E-state index in [4.69, 9.17) is 4.74 Å². The number of carbonyl (C=O) groups is 1. The lowest BCUT2D eigenvalue weighted by molar-refractivity contribution is -0.127. The maximum atomic E-state index is 11.6. The number of carbonyl (C=O) groups excluding carboxylic acids is 1. The van der Waals surface area contributed by atoms with Gasteiger partial charge >= 0.3 is 0 Å². The molecule has 0 fully saturated rings. The van der Waals surface area contributed by atoms with Gasteiger partial charge in [-0.3, -0.25) is 4.79 Å². The summed E-state index contributed by atoms with van der Waals surface area (Å²) >= 11 is 0. The fourth-order valence-corrected chi connectivity index (χ4v) is 1.20. The third kappa shape index (κ3) is 3.46. The number of rotatable bonds is 4. The smallest absolute Gasteiger partial charge is 0.260 e.